The molecule has 0 spiro atoms. The Bertz CT molecular complexity index is 792. The van der Waals surface area contributed by atoms with Gasteiger partial charge >= 0.3 is 6.03 Å². The third-order valence-electron chi connectivity index (χ3n) is 5.12. The fraction of sp³-hybridized carbons (Fsp3) is 0.391. The molecule has 0 unspecified atom stereocenters. The number of Topliss-reactive ketones (excluding diaryl/α,β-unsaturated/α-hetero) is 1. The van der Waals surface area contributed by atoms with Crippen LogP contribution in [0.4, 0.5) is 10.5 Å². The van der Waals surface area contributed by atoms with Gasteiger partial charge in [-0.25, -0.2) is 4.79 Å². The van der Waals surface area contributed by atoms with E-state index in [0.717, 1.165) is 48.2 Å². The van der Waals surface area contributed by atoms with Gasteiger partial charge in [-0.15, -0.1) is 0 Å². The quantitative estimate of drug-likeness (QED) is 0.685. The van der Waals surface area contributed by atoms with Gasteiger partial charge in [0.25, 0.3) is 0 Å². The first-order valence-corrected chi connectivity index (χ1v) is 9.97. The number of nitrogens with one attached hydrogen (secondary N) is 2. The highest BCUT2D eigenvalue weighted by atomic mass is 16.5. The zero-order valence-electron chi connectivity index (χ0n) is 16.5. The average Bonchev–Trinajstić information content (AvgIpc) is 2.71. The second-order valence-electron chi connectivity index (χ2n) is 7.36. The Kier molecular flexibility index (Phi) is 6.69. The van der Waals surface area contributed by atoms with Gasteiger partial charge < -0.3 is 15.4 Å². The van der Waals surface area contributed by atoms with Crippen LogP contribution >= 0.6 is 0 Å². The summed E-state index contributed by atoms with van der Waals surface area (Å²) in [6.45, 7) is 3.88. The van der Waals surface area contributed by atoms with Crippen molar-refractivity contribution < 1.29 is 14.3 Å². The molecule has 0 heterocycles. The summed E-state index contributed by atoms with van der Waals surface area (Å²) in [5, 5.41) is 5.93. The Morgan fingerprint density at radius 2 is 1.61 bits per heavy atom. The van der Waals surface area contributed by atoms with E-state index in [4.69, 9.17) is 4.74 Å². The maximum absolute atomic E-state index is 12.2. The van der Waals surface area contributed by atoms with Crippen LogP contribution in [-0.4, -0.2) is 24.0 Å². The first-order chi connectivity index (χ1) is 13.5. The van der Waals surface area contributed by atoms with E-state index in [1.165, 1.54) is 0 Å². The lowest BCUT2D eigenvalue weighted by Gasteiger charge is -2.29. The molecule has 2 aromatic rings. The lowest BCUT2D eigenvalue weighted by molar-refractivity contribution is 0.0988. The Labute approximate surface area is 166 Å². The van der Waals surface area contributed by atoms with Crippen LogP contribution in [0.2, 0.25) is 0 Å². The topological polar surface area (TPSA) is 67.4 Å². The van der Waals surface area contributed by atoms with Crippen molar-refractivity contribution in [1.82, 2.24) is 5.32 Å². The van der Waals surface area contributed by atoms with Gasteiger partial charge in [0.15, 0.2) is 5.78 Å². The Balaban J connectivity index is 1.42. The molecule has 3 rings (SSSR count). The van der Waals surface area contributed by atoms with E-state index in [9.17, 15) is 9.59 Å². The predicted molar refractivity (Wildman–Crippen MR) is 111 cm³/mol. The van der Waals surface area contributed by atoms with Gasteiger partial charge in [-0.2, -0.15) is 0 Å². The number of carbonyl (C=O) groups is 2. The fourth-order valence-corrected chi connectivity index (χ4v) is 3.43. The fourth-order valence-electron chi connectivity index (χ4n) is 3.43. The number of anilines is 1. The van der Waals surface area contributed by atoms with Crippen LogP contribution in [0.3, 0.4) is 0 Å². The summed E-state index contributed by atoms with van der Waals surface area (Å²) in [5.74, 6) is 0.934. The molecule has 5 nitrogen and oxygen atoms in total. The molecule has 1 fully saturated rings. The number of aryl methyl sites for hydroxylation is 1. The zero-order valence-corrected chi connectivity index (χ0v) is 16.5. The highest BCUT2D eigenvalue weighted by molar-refractivity contribution is 5.95. The van der Waals surface area contributed by atoms with E-state index in [1.54, 1.807) is 0 Å². The lowest BCUT2D eigenvalue weighted by atomic mass is 9.93. The summed E-state index contributed by atoms with van der Waals surface area (Å²) in [5.41, 5.74) is 2.68. The molecule has 0 atom stereocenters. The van der Waals surface area contributed by atoms with Crippen LogP contribution in [0.15, 0.2) is 48.5 Å². The summed E-state index contributed by atoms with van der Waals surface area (Å²) < 4.78 is 6.04. The number of hydrogen-bond donors (Lipinski definition) is 2. The van der Waals surface area contributed by atoms with Gasteiger partial charge in [-0.05, 0) is 69.0 Å². The highest BCUT2D eigenvalue weighted by Gasteiger charge is 2.23. The van der Waals surface area contributed by atoms with Crippen molar-refractivity contribution in [1.29, 1.82) is 0 Å². The predicted octanol–water partition coefficient (Wildman–Crippen LogP) is 5.10. The van der Waals surface area contributed by atoms with Crippen LogP contribution < -0.4 is 15.4 Å². The minimum Gasteiger partial charge on any atom is -0.490 e. The number of carbonyl (C=O) groups excluding carboxylic acids is 2. The van der Waals surface area contributed by atoms with Gasteiger partial charge in [-0.1, -0.05) is 24.6 Å². The number of benzene rings is 2. The normalized spacial score (nSPS) is 18.9. The van der Waals surface area contributed by atoms with E-state index in [0.29, 0.717) is 6.42 Å². The molecule has 2 N–H and O–H groups in total. The summed E-state index contributed by atoms with van der Waals surface area (Å²) in [6.07, 6.45) is 4.22. The number of ketones is 1. The standard InChI is InChI=1S/C23H28N2O3/c1-3-22(26)17-6-12-20(13-7-17)28-21-14-10-19(11-15-21)25-23(27)24-18-8-4-16(2)5-9-18/h4-9,12-13,19,21H,3,10-11,14-15H2,1-2H3,(H2,24,25,27). The summed E-state index contributed by atoms with van der Waals surface area (Å²) in [7, 11) is 0. The van der Waals surface area contributed by atoms with Crippen LogP contribution in [0.1, 0.15) is 54.9 Å². The molecule has 2 aromatic carbocycles. The van der Waals surface area contributed by atoms with Crippen molar-refractivity contribution in [2.45, 2.75) is 58.1 Å². The van der Waals surface area contributed by atoms with Crippen molar-refractivity contribution in [3.05, 3.63) is 59.7 Å². The molecule has 2 amide bonds. The molecule has 0 saturated heterocycles. The molecule has 28 heavy (non-hydrogen) atoms. The lowest BCUT2D eigenvalue weighted by Crippen LogP contribution is -2.41. The van der Waals surface area contributed by atoms with E-state index >= 15 is 0 Å². The maximum Gasteiger partial charge on any atom is 0.319 e. The number of urea groups is 1. The zero-order chi connectivity index (χ0) is 19.9. The first kappa shape index (κ1) is 19.9. The van der Waals surface area contributed by atoms with Crippen LogP contribution in [0, 0.1) is 6.92 Å². The van der Waals surface area contributed by atoms with Crippen molar-refractivity contribution in [3.63, 3.8) is 0 Å². The number of hydrogen-bond acceptors (Lipinski definition) is 3. The van der Waals surface area contributed by atoms with Gasteiger partial charge in [-0.3, -0.25) is 4.79 Å². The van der Waals surface area contributed by atoms with Gasteiger partial charge in [0.1, 0.15) is 5.75 Å². The molecule has 148 valence electrons. The SMILES string of the molecule is CCC(=O)c1ccc(OC2CCC(NC(=O)Nc3ccc(C)cc3)CC2)cc1. The van der Waals surface area contributed by atoms with Gasteiger partial charge in [0, 0.05) is 23.7 Å². The minimum atomic E-state index is -0.163. The average molecular weight is 380 g/mol. The van der Waals surface area contributed by atoms with Crippen molar-refractivity contribution in [2.75, 3.05) is 5.32 Å². The van der Waals surface area contributed by atoms with Crippen LogP contribution in [-0.2, 0) is 0 Å². The largest absolute Gasteiger partial charge is 0.490 e. The van der Waals surface area contributed by atoms with Crippen LogP contribution in [0.5, 0.6) is 5.75 Å². The monoisotopic (exact) mass is 380 g/mol. The molecule has 0 aromatic heterocycles. The van der Waals surface area contributed by atoms with Crippen molar-refractivity contribution >= 4 is 17.5 Å². The number of ether oxygens (including phenoxy) is 1. The van der Waals surface area contributed by atoms with Gasteiger partial charge in [0.2, 0.25) is 0 Å². The number of amides is 2. The first-order valence-electron chi connectivity index (χ1n) is 9.97. The van der Waals surface area contributed by atoms with Crippen LogP contribution in [0.25, 0.3) is 0 Å². The molecular formula is C23H28N2O3. The molecule has 1 aliphatic rings. The second kappa shape index (κ2) is 9.40. The van der Waals surface area contributed by atoms with E-state index < -0.39 is 0 Å². The summed E-state index contributed by atoms with van der Waals surface area (Å²) in [6, 6.07) is 15.1. The molecule has 1 aliphatic carbocycles. The second-order valence-corrected chi connectivity index (χ2v) is 7.36. The minimum absolute atomic E-state index is 0.141. The smallest absolute Gasteiger partial charge is 0.319 e. The van der Waals surface area contributed by atoms with E-state index in [2.05, 4.69) is 10.6 Å². The van der Waals surface area contributed by atoms with E-state index in [-0.39, 0.29) is 24.0 Å². The molecule has 0 radical (unpaired) electrons. The van der Waals surface area contributed by atoms with Crippen molar-refractivity contribution in [3.8, 4) is 5.75 Å². The van der Waals surface area contributed by atoms with Crippen molar-refractivity contribution in [2.24, 2.45) is 0 Å². The third-order valence-corrected chi connectivity index (χ3v) is 5.12. The van der Waals surface area contributed by atoms with E-state index in [1.807, 2.05) is 62.4 Å². The maximum atomic E-state index is 12.2. The Morgan fingerprint density at radius 3 is 2.21 bits per heavy atom. The van der Waals surface area contributed by atoms with Gasteiger partial charge in [0.05, 0.1) is 6.10 Å². The number of rotatable bonds is 6. The molecule has 1 saturated carbocycles. The Hall–Kier alpha value is -2.82. The molecule has 0 bridgehead atoms. The molecule has 0 aliphatic heterocycles. The summed E-state index contributed by atoms with van der Waals surface area (Å²) >= 11 is 0. The highest BCUT2D eigenvalue weighted by Crippen LogP contribution is 2.24. The molecular weight excluding hydrogens is 352 g/mol. The Morgan fingerprint density at radius 1 is 0.964 bits per heavy atom. The molecule has 5 heteroatoms. The summed E-state index contributed by atoms with van der Waals surface area (Å²) in [4.78, 5) is 23.9. The third kappa shape index (κ3) is 5.59.